The quantitative estimate of drug-likeness (QED) is 0.574. The van der Waals surface area contributed by atoms with E-state index in [9.17, 15) is 15.0 Å². The van der Waals surface area contributed by atoms with Crippen LogP contribution in [0.4, 0.5) is 0 Å². The Morgan fingerprint density at radius 2 is 2.19 bits per heavy atom. The van der Waals surface area contributed by atoms with Crippen LogP contribution in [0, 0.1) is 0 Å². The number of hydrogen-bond donors (Lipinski definition) is 3. The molecule has 0 saturated carbocycles. The first kappa shape index (κ1) is 13.4. The molecule has 2 atom stereocenters. The lowest BCUT2D eigenvalue weighted by Gasteiger charge is -2.15. The number of hydrogen-bond acceptors (Lipinski definition) is 4. The van der Waals surface area contributed by atoms with Crippen LogP contribution in [0.2, 0.25) is 5.15 Å². The molecule has 1 aromatic rings. The molecule has 0 fully saturated rings. The lowest BCUT2D eigenvalue weighted by molar-refractivity contribution is 0.0339. The molecule has 0 aliphatic heterocycles. The van der Waals surface area contributed by atoms with E-state index in [2.05, 4.69) is 20.9 Å². The smallest absolute Gasteiger partial charge is 0.338 e. The average molecular weight is 311 g/mol. The van der Waals surface area contributed by atoms with Crippen molar-refractivity contribution in [3.05, 3.63) is 28.5 Å². The molecule has 2 unspecified atom stereocenters. The molecule has 1 rings (SSSR count). The molecule has 0 radical (unpaired) electrons. The van der Waals surface area contributed by atoms with Crippen LogP contribution < -0.4 is 0 Å². The number of aromatic carboxylic acids is 1. The van der Waals surface area contributed by atoms with Crippen LogP contribution in [-0.2, 0) is 0 Å². The minimum absolute atomic E-state index is 0.156. The van der Waals surface area contributed by atoms with Crippen molar-refractivity contribution in [3.8, 4) is 0 Å². The molecular weight excluding hydrogens is 301 g/mol. The predicted molar refractivity (Wildman–Crippen MR) is 61.0 cm³/mol. The first-order valence-electron chi connectivity index (χ1n) is 4.28. The van der Waals surface area contributed by atoms with Crippen LogP contribution in [0.1, 0.15) is 22.0 Å². The second kappa shape index (κ2) is 5.58. The molecule has 1 heterocycles. The van der Waals surface area contributed by atoms with Crippen molar-refractivity contribution in [1.29, 1.82) is 0 Å². The number of aliphatic hydroxyl groups excluding tert-OH is 2. The molecule has 5 nitrogen and oxygen atoms in total. The number of carboxylic acids is 1. The summed E-state index contributed by atoms with van der Waals surface area (Å²) >= 11 is 8.57. The lowest BCUT2D eigenvalue weighted by Crippen LogP contribution is -2.20. The fraction of sp³-hybridized carbons (Fsp3) is 0.333. The van der Waals surface area contributed by atoms with Gasteiger partial charge in [-0.15, -0.1) is 0 Å². The minimum Gasteiger partial charge on any atom is -0.478 e. The minimum atomic E-state index is -1.24. The Hall–Kier alpha value is -0.690. The van der Waals surface area contributed by atoms with Crippen molar-refractivity contribution >= 4 is 33.5 Å². The normalized spacial score (nSPS) is 14.5. The van der Waals surface area contributed by atoms with Crippen molar-refractivity contribution < 1.29 is 20.1 Å². The fourth-order valence-electron chi connectivity index (χ4n) is 1.08. The second-order valence-corrected chi connectivity index (χ2v) is 4.08. The van der Waals surface area contributed by atoms with Gasteiger partial charge in [0.15, 0.2) is 0 Å². The monoisotopic (exact) mass is 309 g/mol. The molecule has 1 aromatic heterocycles. The van der Waals surface area contributed by atoms with Crippen molar-refractivity contribution in [1.82, 2.24) is 4.98 Å². The summed E-state index contributed by atoms with van der Waals surface area (Å²) in [6.07, 6.45) is -1.02. The van der Waals surface area contributed by atoms with Gasteiger partial charge in [0, 0.05) is 17.1 Å². The third-order valence-corrected chi connectivity index (χ3v) is 2.92. The number of carboxylic acid groups (broad SMARTS) is 1. The van der Waals surface area contributed by atoms with E-state index < -0.39 is 18.2 Å². The highest BCUT2D eigenvalue weighted by molar-refractivity contribution is 9.09. The Morgan fingerprint density at radius 3 is 2.69 bits per heavy atom. The van der Waals surface area contributed by atoms with Crippen molar-refractivity contribution in [2.24, 2.45) is 0 Å². The van der Waals surface area contributed by atoms with Gasteiger partial charge in [-0.1, -0.05) is 27.5 Å². The Morgan fingerprint density at radius 1 is 1.56 bits per heavy atom. The van der Waals surface area contributed by atoms with E-state index in [1.54, 1.807) is 0 Å². The highest BCUT2D eigenvalue weighted by Crippen LogP contribution is 2.22. The highest BCUT2D eigenvalue weighted by Gasteiger charge is 2.20. The molecule has 0 spiro atoms. The summed E-state index contributed by atoms with van der Waals surface area (Å²) < 4.78 is 0. The van der Waals surface area contributed by atoms with Crippen LogP contribution in [-0.4, -0.2) is 37.7 Å². The predicted octanol–water partition coefficient (Wildman–Crippen LogP) is 1.22. The summed E-state index contributed by atoms with van der Waals surface area (Å²) in [5, 5.41) is 27.8. The summed E-state index contributed by atoms with van der Waals surface area (Å²) in [4.78, 5) is 14.4. The summed E-state index contributed by atoms with van der Waals surface area (Å²) in [5.41, 5.74) is -0.00580. The molecule has 0 amide bonds. The number of rotatable bonds is 4. The largest absolute Gasteiger partial charge is 0.478 e. The molecule has 0 aliphatic carbocycles. The van der Waals surface area contributed by atoms with Gasteiger partial charge in [-0.2, -0.15) is 0 Å². The third kappa shape index (κ3) is 2.91. The Kier molecular flexibility index (Phi) is 4.67. The molecule has 16 heavy (non-hydrogen) atoms. The van der Waals surface area contributed by atoms with Crippen LogP contribution in [0.25, 0.3) is 0 Å². The Labute approximate surface area is 105 Å². The maximum atomic E-state index is 10.8. The first-order chi connectivity index (χ1) is 7.47. The van der Waals surface area contributed by atoms with Crippen molar-refractivity contribution in [3.63, 3.8) is 0 Å². The Bertz CT molecular complexity index is 401. The summed E-state index contributed by atoms with van der Waals surface area (Å²) in [5.74, 6) is -1.24. The molecule has 3 N–H and O–H groups in total. The van der Waals surface area contributed by atoms with Crippen LogP contribution in [0.15, 0.2) is 12.3 Å². The summed E-state index contributed by atoms with van der Waals surface area (Å²) in [6.45, 7) is 0. The molecular formula is C9H9BrClNO4. The average Bonchev–Trinajstić information content (AvgIpc) is 2.27. The maximum Gasteiger partial charge on any atom is 0.338 e. The van der Waals surface area contributed by atoms with Gasteiger partial charge in [0.25, 0.3) is 0 Å². The third-order valence-electron chi connectivity index (χ3n) is 1.95. The SMILES string of the molecule is O=C(O)c1cc(C(O)C(O)CBr)cnc1Cl. The number of nitrogens with zero attached hydrogens (tertiary/aromatic N) is 1. The standard InChI is InChI=1S/C9H9BrClNO4/c10-2-6(13)7(14)4-1-5(9(15)16)8(11)12-3-4/h1,3,6-7,13-14H,2H2,(H,15,16). The number of aliphatic hydroxyl groups is 2. The van der Waals surface area contributed by atoms with Crippen LogP contribution in [0.5, 0.6) is 0 Å². The van der Waals surface area contributed by atoms with Gasteiger partial charge in [0.2, 0.25) is 0 Å². The van der Waals surface area contributed by atoms with Crippen LogP contribution in [0.3, 0.4) is 0 Å². The second-order valence-electron chi connectivity index (χ2n) is 3.08. The number of halogens is 2. The zero-order valence-electron chi connectivity index (χ0n) is 7.97. The lowest BCUT2D eigenvalue weighted by atomic mass is 10.1. The molecule has 7 heteroatoms. The topological polar surface area (TPSA) is 90.7 Å². The summed E-state index contributed by atoms with van der Waals surface area (Å²) in [6, 6.07) is 1.19. The molecule has 0 aliphatic rings. The maximum absolute atomic E-state index is 10.8. The number of pyridine rings is 1. The van der Waals surface area contributed by atoms with Gasteiger partial charge >= 0.3 is 5.97 Å². The molecule has 88 valence electrons. The van der Waals surface area contributed by atoms with Crippen molar-refractivity contribution in [2.75, 3.05) is 5.33 Å². The first-order valence-corrected chi connectivity index (χ1v) is 5.78. The van der Waals surface area contributed by atoms with E-state index in [1.807, 2.05) is 0 Å². The van der Waals surface area contributed by atoms with E-state index in [-0.39, 0.29) is 21.6 Å². The zero-order chi connectivity index (χ0) is 12.3. The molecule has 0 bridgehead atoms. The van der Waals surface area contributed by atoms with E-state index >= 15 is 0 Å². The van der Waals surface area contributed by atoms with E-state index in [0.717, 1.165) is 0 Å². The van der Waals surface area contributed by atoms with Gasteiger partial charge in [-0.05, 0) is 6.07 Å². The fourth-order valence-corrected chi connectivity index (χ4v) is 1.62. The van der Waals surface area contributed by atoms with E-state index in [1.165, 1.54) is 12.3 Å². The molecule has 0 aromatic carbocycles. The van der Waals surface area contributed by atoms with Gasteiger partial charge in [0.1, 0.15) is 11.3 Å². The van der Waals surface area contributed by atoms with Gasteiger partial charge in [-0.3, -0.25) is 0 Å². The van der Waals surface area contributed by atoms with E-state index in [4.69, 9.17) is 16.7 Å². The highest BCUT2D eigenvalue weighted by atomic mass is 79.9. The number of carbonyl (C=O) groups is 1. The van der Waals surface area contributed by atoms with Gasteiger partial charge < -0.3 is 15.3 Å². The summed E-state index contributed by atoms with van der Waals surface area (Å²) in [7, 11) is 0. The number of alkyl halides is 1. The van der Waals surface area contributed by atoms with Gasteiger partial charge in [-0.25, -0.2) is 9.78 Å². The van der Waals surface area contributed by atoms with Crippen molar-refractivity contribution in [2.45, 2.75) is 12.2 Å². The van der Waals surface area contributed by atoms with Gasteiger partial charge in [0.05, 0.1) is 11.7 Å². The molecule has 0 saturated heterocycles. The Balaban J connectivity index is 3.07. The zero-order valence-corrected chi connectivity index (χ0v) is 10.3. The van der Waals surface area contributed by atoms with Crippen LogP contribution >= 0.6 is 27.5 Å². The number of aromatic nitrogens is 1. The van der Waals surface area contributed by atoms with E-state index in [0.29, 0.717) is 0 Å².